The van der Waals surface area contributed by atoms with E-state index in [1.165, 1.54) is 0 Å². The molecular weight excluding hydrogens is 376 g/mol. The first-order valence-electron chi connectivity index (χ1n) is 9.09. The highest BCUT2D eigenvalue weighted by molar-refractivity contribution is 7.98. The zero-order chi connectivity index (χ0) is 20.2. The summed E-state index contributed by atoms with van der Waals surface area (Å²) >= 11 is 1.74. The fraction of sp³-hybridized carbons (Fsp3) is 0.381. The van der Waals surface area contributed by atoms with Gasteiger partial charge in [0.1, 0.15) is 12.4 Å². The average Bonchev–Trinajstić information content (AvgIpc) is 2.73. The third-order valence-electron chi connectivity index (χ3n) is 4.03. The molecule has 0 aromatic heterocycles. The van der Waals surface area contributed by atoms with Crippen LogP contribution in [0.2, 0.25) is 0 Å². The third kappa shape index (κ3) is 7.32. The number of hydrazine groups is 1. The van der Waals surface area contributed by atoms with Crippen molar-refractivity contribution < 1.29 is 19.0 Å². The van der Waals surface area contributed by atoms with Crippen LogP contribution in [0.25, 0.3) is 0 Å². The molecule has 2 aromatic rings. The molecule has 0 spiro atoms. The quantitative estimate of drug-likeness (QED) is 0.417. The molecule has 0 aliphatic heterocycles. The van der Waals surface area contributed by atoms with Gasteiger partial charge in [0, 0.05) is 13.0 Å². The number of hydrogen-bond donors (Lipinski definition) is 2. The molecule has 0 bridgehead atoms. The minimum Gasteiger partial charge on any atom is -0.497 e. The Hall–Kier alpha value is -2.38. The number of carbonyl (C=O) groups is 1. The summed E-state index contributed by atoms with van der Waals surface area (Å²) in [5.74, 6) is 3.09. The SMILES string of the molecule is COc1cccc(COc2ccc(CNNC(=O)CCCSC)cc2OC)c1. The van der Waals surface area contributed by atoms with Gasteiger partial charge in [-0.05, 0) is 53.8 Å². The number of carbonyl (C=O) groups excluding carboxylic acids is 1. The number of amides is 1. The maximum absolute atomic E-state index is 11.7. The molecular formula is C21H28N2O4S. The highest BCUT2D eigenvalue weighted by Crippen LogP contribution is 2.29. The van der Waals surface area contributed by atoms with Crippen LogP contribution in [0.4, 0.5) is 0 Å². The van der Waals surface area contributed by atoms with E-state index >= 15 is 0 Å². The van der Waals surface area contributed by atoms with Gasteiger partial charge in [0.2, 0.25) is 5.91 Å². The Balaban J connectivity index is 1.86. The molecule has 2 aromatic carbocycles. The molecule has 2 N–H and O–H groups in total. The number of rotatable bonds is 12. The summed E-state index contributed by atoms with van der Waals surface area (Å²) < 4.78 is 16.6. The smallest absolute Gasteiger partial charge is 0.234 e. The highest BCUT2D eigenvalue weighted by Gasteiger charge is 2.07. The monoisotopic (exact) mass is 404 g/mol. The number of ether oxygens (including phenoxy) is 3. The second-order valence-electron chi connectivity index (χ2n) is 6.12. The van der Waals surface area contributed by atoms with Crippen LogP contribution < -0.4 is 25.1 Å². The number of hydrogen-bond acceptors (Lipinski definition) is 6. The van der Waals surface area contributed by atoms with Crippen LogP contribution >= 0.6 is 11.8 Å². The Morgan fingerprint density at radius 1 is 1.04 bits per heavy atom. The molecule has 0 radical (unpaired) electrons. The molecule has 0 aliphatic carbocycles. The Labute approximate surface area is 170 Å². The van der Waals surface area contributed by atoms with Crippen molar-refractivity contribution in [2.75, 3.05) is 26.2 Å². The normalized spacial score (nSPS) is 10.4. The van der Waals surface area contributed by atoms with Crippen LogP contribution in [0.3, 0.4) is 0 Å². The molecule has 6 nitrogen and oxygen atoms in total. The number of methoxy groups -OCH3 is 2. The lowest BCUT2D eigenvalue weighted by Gasteiger charge is -2.13. The van der Waals surface area contributed by atoms with E-state index in [9.17, 15) is 4.79 Å². The minimum atomic E-state index is -0.000687. The van der Waals surface area contributed by atoms with Crippen molar-refractivity contribution >= 4 is 17.7 Å². The van der Waals surface area contributed by atoms with Gasteiger partial charge in [-0.2, -0.15) is 11.8 Å². The van der Waals surface area contributed by atoms with Gasteiger partial charge < -0.3 is 14.2 Å². The van der Waals surface area contributed by atoms with E-state index in [0.717, 1.165) is 29.1 Å². The molecule has 0 saturated heterocycles. The van der Waals surface area contributed by atoms with Crippen molar-refractivity contribution in [3.63, 3.8) is 0 Å². The third-order valence-corrected chi connectivity index (χ3v) is 4.73. The van der Waals surface area contributed by atoms with Crippen LogP contribution in [0.15, 0.2) is 42.5 Å². The summed E-state index contributed by atoms with van der Waals surface area (Å²) in [4.78, 5) is 11.7. The predicted molar refractivity (Wildman–Crippen MR) is 113 cm³/mol. The number of thioether (sulfide) groups is 1. The van der Waals surface area contributed by atoms with Gasteiger partial charge in [0.05, 0.1) is 14.2 Å². The van der Waals surface area contributed by atoms with Gasteiger partial charge >= 0.3 is 0 Å². The van der Waals surface area contributed by atoms with Crippen molar-refractivity contribution in [3.05, 3.63) is 53.6 Å². The molecule has 0 unspecified atom stereocenters. The lowest BCUT2D eigenvalue weighted by molar-refractivity contribution is -0.122. The van der Waals surface area contributed by atoms with Crippen molar-refractivity contribution in [2.45, 2.75) is 26.0 Å². The van der Waals surface area contributed by atoms with Gasteiger partial charge in [-0.1, -0.05) is 18.2 Å². The van der Waals surface area contributed by atoms with Crippen molar-refractivity contribution in [1.82, 2.24) is 10.9 Å². The molecule has 0 fully saturated rings. The van der Waals surface area contributed by atoms with Gasteiger partial charge in [-0.3, -0.25) is 10.2 Å². The topological polar surface area (TPSA) is 68.8 Å². The van der Waals surface area contributed by atoms with Crippen LogP contribution in [-0.2, 0) is 17.9 Å². The molecule has 28 heavy (non-hydrogen) atoms. The molecule has 2 rings (SSSR count). The second-order valence-corrected chi connectivity index (χ2v) is 7.11. The average molecular weight is 405 g/mol. The fourth-order valence-electron chi connectivity index (χ4n) is 2.55. The largest absolute Gasteiger partial charge is 0.497 e. The summed E-state index contributed by atoms with van der Waals surface area (Å²) in [6, 6.07) is 13.5. The summed E-state index contributed by atoms with van der Waals surface area (Å²) in [6.45, 7) is 0.915. The van der Waals surface area contributed by atoms with Crippen molar-refractivity contribution in [1.29, 1.82) is 0 Å². The van der Waals surface area contributed by atoms with E-state index in [2.05, 4.69) is 10.9 Å². The molecule has 0 heterocycles. The second kappa shape index (κ2) is 12.2. The van der Waals surface area contributed by atoms with Crippen LogP contribution in [0.1, 0.15) is 24.0 Å². The van der Waals surface area contributed by atoms with E-state index in [1.54, 1.807) is 26.0 Å². The van der Waals surface area contributed by atoms with Gasteiger partial charge in [0.25, 0.3) is 0 Å². The predicted octanol–water partition coefficient (Wildman–Crippen LogP) is 3.55. The Morgan fingerprint density at radius 2 is 1.89 bits per heavy atom. The molecule has 0 saturated carbocycles. The van der Waals surface area contributed by atoms with Gasteiger partial charge in [-0.15, -0.1) is 0 Å². The van der Waals surface area contributed by atoms with E-state index in [4.69, 9.17) is 14.2 Å². The van der Waals surface area contributed by atoms with Crippen molar-refractivity contribution in [2.24, 2.45) is 0 Å². The van der Waals surface area contributed by atoms with Gasteiger partial charge in [0.15, 0.2) is 11.5 Å². The Morgan fingerprint density at radius 3 is 2.64 bits per heavy atom. The maximum Gasteiger partial charge on any atom is 0.234 e. The van der Waals surface area contributed by atoms with E-state index in [0.29, 0.717) is 31.1 Å². The number of nitrogens with one attached hydrogen (secondary N) is 2. The molecule has 152 valence electrons. The summed E-state index contributed by atoms with van der Waals surface area (Å²) in [7, 11) is 3.25. The molecule has 7 heteroatoms. The van der Waals surface area contributed by atoms with Crippen LogP contribution in [0.5, 0.6) is 17.2 Å². The first-order chi connectivity index (χ1) is 13.7. The standard InChI is InChI=1S/C21H28N2O4S/c1-25-18-7-4-6-17(12-18)15-27-19-10-9-16(13-20(19)26-2)14-22-23-21(24)8-5-11-28-3/h4,6-7,9-10,12-13,22H,5,8,11,14-15H2,1-3H3,(H,23,24). The molecule has 0 atom stereocenters. The minimum absolute atomic E-state index is 0.000687. The summed E-state index contributed by atoms with van der Waals surface area (Å²) in [5, 5.41) is 0. The van der Waals surface area contributed by atoms with Crippen molar-refractivity contribution in [3.8, 4) is 17.2 Å². The number of benzene rings is 2. The summed E-state index contributed by atoms with van der Waals surface area (Å²) in [6.07, 6.45) is 3.43. The fourth-order valence-corrected chi connectivity index (χ4v) is 2.98. The summed E-state index contributed by atoms with van der Waals surface area (Å²) in [5.41, 5.74) is 7.66. The van der Waals surface area contributed by atoms with Gasteiger partial charge in [-0.25, -0.2) is 5.43 Å². The Kier molecular flexibility index (Phi) is 9.51. The first kappa shape index (κ1) is 21.9. The highest BCUT2D eigenvalue weighted by atomic mass is 32.2. The molecule has 1 amide bonds. The van der Waals surface area contributed by atoms with E-state index in [1.807, 2.05) is 48.7 Å². The molecule has 0 aliphatic rings. The first-order valence-corrected chi connectivity index (χ1v) is 10.5. The van der Waals surface area contributed by atoms with E-state index in [-0.39, 0.29) is 5.91 Å². The van der Waals surface area contributed by atoms with E-state index < -0.39 is 0 Å². The van der Waals surface area contributed by atoms with Crippen LogP contribution in [-0.4, -0.2) is 32.1 Å². The van der Waals surface area contributed by atoms with Crippen LogP contribution in [0, 0.1) is 0 Å². The lowest BCUT2D eigenvalue weighted by Crippen LogP contribution is -2.36. The lowest BCUT2D eigenvalue weighted by atomic mass is 10.2. The Bertz CT molecular complexity index is 755. The zero-order valence-electron chi connectivity index (χ0n) is 16.6. The zero-order valence-corrected chi connectivity index (χ0v) is 17.4. The maximum atomic E-state index is 11.7.